The summed E-state index contributed by atoms with van der Waals surface area (Å²) >= 11 is 0. The van der Waals surface area contributed by atoms with Gasteiger partial charge in [-0.3, -0.25) is 4.90 Å². The van der Waals surface area contributed by atoms with Gasteiger partial charge in [0.15, 0.2) is 11.5 Å². The molecule has 0 unspecified atom stereocenters. The van der Waals surface area contributed by atoms with Crippen molar-refractivity contribution in [1.29, 1.82) is 0 Å². The van der Waals surface area contributed by atoms with E-state index in [1.807, 2.05) is 66.7 Å². The summed E-state index contributed by atoms with van der Waals surface area (Å²) in [5.41, 5.74) is 4.74. The standard InChI is InChI=1S/C38H35F3N4O3/c1-46-33-23-31-30(22-34(33)48-18-8-15-44-16-19-47-20-17-44)36(43-25-42-31)35-29-13-5-6-14-32(29)45(37(35)27-10-3-2-4-11-27)24-26-9-7-12-28(21-26)38(39,40)41/h2-7,9-14,21-23,25H,8,15-20,24H2,1H3. The van der Waals surface area contributed by atoms with Gasteiger partial charge in [0.1, 0.15) is 6.33 Å². The highest BCUT2D eigenvalue weighted by molar-refractivity contribution is 6.09. The Hall–Kier alpha value is -4.93. The second kappa shape index (κ2) is 13.7. The van der Waals surface area contributed by atoms with Gasteiger partial charge in [0, 0.05) is 54.1 Å². The van der Waals surface area contributed by atoms with Crippen LogP contribution in [0, 0.1) is 0 Å². The topological polar surface area (TPSA) is 61.6 Å². The molecule has 1 aliphatic rings. The first-order valence-corrected chi connectivity index (χ1v) is 16.0. The van der Waals surface area contributed by atoms with Gasteiger partial charge in [0.25, 0.3) is 0 Å². The van der Waals surface area contributed by atoms with Gasteiger partial charge in [0.2, 0.25) is 0 Å². The van der Waals surface area contributed by atoms with E-state index in [-0.39, 0.29) is 6.54 Å². The first kappa shape index (κ1) is 31.7. The lowest BCUT2D eigenvalue weighted by Crippen LogP contribution is -2.37. The molecule has 48 heavy (non-hydrogen) atoms. The molecule has 1 fully saturated rings. The summed E-state index contributed by atoms with van der Waals surface area (Å²) in [6, 6.07) is 27.1. The zero-order valence-electron chi connectivity index (χ0n) is 26.5. The number of morpholine rings is 1. The number of benzene rings is 4. The van der Waals surface area contributed by atoms with Crippen LogP contribution in [0.1, 0.15) is 17.5 Å². The summed E-state index contributed by atoms with van der Waals surface area (Å²) in [5, 5.41) is 1.70. The zero-order valence-corrected chi connectivity index (χ0v) is 26.5. The number of hydrogen-bond acceptors (Lipinski definition) is 6. The zero-order chi connectivity index (χ0) is 33.1. The number of rotatable bonds is 10. The Bertz CT molecular complexity index is 2040. The quantitative estimate of drug-likeness (QED) is 0.140. The van der Waals surface area contributed by atoms with Crippen LogP contribution < -0.4 is 9.47 Å². The minimum atomic E-state index is -4.44. The molecule has 0 saturated carbocycles. The van der Waals surface area contributed by atoms with Gasteiger partial charge in [-0.1, -0.05) is 60.7 Å². The summed E-state index contributed by atoms with van der Waals surface area (Å²) in [7, 11) is 1.61. The maximum atomic E-state index is 13.7. The van der Waals surface area contributed by atoms with Gasteiger partial charge < -0.3 is 18.8 Å². The molecule has 4 aromatic carbocycles. The summed E-state index contributed by atoms with van der Waals surface area (Å²) < 4.78 is 60.7. The molecule has 3 heterocycles. The monoisotopic (exact) mass is 652 g/mol. The second-order valence-electron chi connectivity index (χ2n) is 11.8. The molecule has 0 bridgehead atoms. The molecule has 0 N–H and O–H groups in total. The van der Waals surface area contributed by atoms with Crippen LogP contribution in [0.15, 0.2) is 97.3 Å². The molecule has 7 rings (SSSR count). The van der Waals surface area contributed by atoms with Crippen LogP contribution in [0.5, 0.6) is 11.5 Å². The largest absolute Gasteiger partial charge is 0.493 e. The van der Waals surface area contributed by atoms with E-state index >= 15 is 0 Å². The van der Waals surface area contributed by atoms with Gasteiger partial charge in [-0.05, 0) is 41.8 Å². The maximum Gasteiger partial charge on any atom is 0.416 e. The third-order valence-corrected chi connectivity index (χ3v) is 8.75. The van der Waals surface area contributed by atoms with Crippen molar-refractivity contribution in [2.75, 3.05) is 46.6 Å². The third kappa shape index (κ3) is 6.46. The van der Waals surface area contributed by atoms with Gasteiger partial charge in [-0.25, -0.2) is 9.97 Å². The van der Waals surface area contributed by atoms with E-state index in [0.717, 1.165) is 78.4 Å². The molecule has 246 valence electrons. The summed E-state index contributed by atoms with van der Waals surface area (Å²) in [5.74, 6) is 1.17. The highest BCUT2D eigenvalue weighted by Gasteiger charge is 2.31. The van der Waals surface area contributed by atoms with E-state index in [1.54, 1.807) is 13.2 Å². The maximum absolute atomic E-state index is 13.7. The number of halogens is 3. The molecule has 0 amide bonds. The van der Waals surface area contributed by atoms with Crippen LogP contribution in [0.25, 0.3) is 44.3 Å². The highest BCUT2D eigenvalue weighted by Crippen LogP contribution is 2.44. The second-order valence-corrected chi connectivity index (χ2v) is 11.8. The molecule has 2 aromatic heterocycles. The van der Waals surface area contributed by atoms with Crippen molar-refractivity contribution in [1.82, 2.24) is 19.4 Å². The Morgan fingerprint density at radius 2 is 1.62 bits per heavy atom. The van der Waals surface area contributed by atoms with Crippen molar-refractivity contribution in [3.8, 4) is 34.0 Å². The molecule has 0 atom stereocenters. The Labute approximate surface area is 276 Å². The number of nitrogens with zero attached hydrogens (tertiary/aromatic N) is 4. The van der Waals surface area contributed by atoms with Gasteiger partial charge >= 0.3 is 6.18 Å². The van der Waals surface area contributed by atoms with E-state index in [9.17, 15) is 13.2 Å². The molecule has 1 aliphatic heterocycles. The molecule has 0 aliphatic carbocycles. The number of hydrogen-bond donors (Lipinski definition) is 0. The Morgan fingerprint density at radius 1 is 0.833 bits per heavy atom. The van der Waals surface area contributed by atoms with E-state index in [4.69, 9.17) is 19.2 Å². The Balaban J connectivity index is 1.35. The predicted molar refractivity (Wildman–Crippen MR) is 180 cm³/mol. The van der Waals surface area contributed by atoms with Crippen molar-refractivity contribution in [2.45, 2.75) is 19.1 Å². The van der Waals surface area contributed by atoms with Crippen LogP contribution in [-0.2, 0) is 17.5 Å². The van der Waals surface area contributed by atoms with E-state index in [1.165, 1.54) is 18.5 Å². The van der Waals surface area contributed by atoms with Gasteiger partial charge in [-0.15, -0.1) is 0 Å². The van der Waals surface area contributed by atoms with E-state index in [2.05, 4.69) is 14.5 Å². The Kier molecular flexibility index (Phi) is 9.01. The summed E-state index contributed by atoms with van der Waals surface area (Å²) in [6.45, 7) is 5.00. The fraction of sp³-hybridized carbons (Fsp3) is 0.263. The van der Waals surface area contributed by atoms with Gasteiger partial charge in [0.05, 0.1) is 49.4 Å². The van der Waals surface area contributed by atoms with Crippen LogP contribution in [0.2, 0.25) is 0 Å². The average Bonchev–Trinajstić information content (AvgIpc) is 3.43. The van der Waals surface area contributed by atoms with Crippen molar-refractivity contribution < 1.29 is 27.4 Å². The summed E-state index contributed by atoms with van der Waals surface area (Å²) in [4.78, 5) is 11.8. The molecule has 10 heteroatoms. The Morgan fingerprint density at radius 3 is 2.42 bits per heavy atom. The van der Waals surface area contributed by atoms with Crippen molar-refractivity contribution >= 4 is 21.8 Å². The molecule has 1 saturated heterocycles. The summed E-state index contributed by atoms with van der Waals surface area (Å²) in [6.07, 6.45) is -2.06. The number of alkyl halides is 3. The van der Waals surface area contributed by atoms with Crippen molar-refractivity contribution in [2.24, 2.45) is 0 Å². The van der Waals surface area contributed by atoms with Crippen molar-refractivity contribution in [3.63, 3.8) is 0 Å². The smallest absolute Gasteiger partial charge is 0.416 e. The fourth-order valence-corrected chi connectivity index (χ4v) is 6.46. The predicted octanol–water partition coefficient (Wildman–Crippen LogP) is 8.10. The third-order valence-electron chi connectivity index (χ3n) is 8.75. The van der Waals surface area contributed by atoms with Crippen LogP contribution in [0.3, 0.4) is 0 Å². The molecular weight excluding hydrogens is 617 g/mol. The van der Waals surface area contributed by atoms with E-state index < -0.39 is 11.7 Å². The number of fused-ring (bicyclic) bond motifs is 2. The number of methoxy groups -OCH3 is 1. The highest BCUT2D eigenvalue weighted by atomic mass is 19.4. The van der Waals surface area contributed by atoms with Crippen LogP contribution in [0.4, 0.5) is 13.2 Å². The average molecular weight is 653 g/mol. The minimum absolute atomic E-state index is 0.225. The molecule has 6 aromatic rings. The first-order chi connectivity index (χ1) is 23.4. The van der Waals surface area contributed by atoms with E-state index in [0.29, 0.717) is 34.9 Å². The van der Waals surface area contributed by atoms with Crippen LogP contribution >= 0.6 is 0 Å². The number of aromatic nitrogens is 3. The van der Waals surface area contributed by atoms with Crippen molar-refractivity contribution in [3.05, 3.63) is 108 Å². The lowest BCUT2D eigenvalue weighted by Gasteiger charge is -2.26. The molecule has 0 spiro atoms. The number of para-hydroxylation sites is 1. The normalized spacial score (nSPS) is 14.1. The van der Waals surface area contributed by atoms with Crippen LogP contribution in [-0.4, -0.2) is 66.0 Å². The minimum Gasteiger partial charge on any atom is -0.493 e. The fourth-order valence-electron chi connectivity index (χ4n) is 6.46. The molecular formula is C38H35F3N4O3. The number of ether oxygens (including phenoxy) is 3. The lowest BCUT2D eigenvalue weighted by molar-refractivity contribution is -0.137. The lowest BCUT2D eigenvalue weighted by atomic mass is 9.99. The first-order valence-electron chi connectivity index (χ1n) is 16.0. The molecule has 0 radical (unpaired) electrons. The molecule has 7 nitrogen and oxygen atoms in total. The van der Waals surface area contributed by atoms with Gasteiger partial charge in [-0.2, -0.15) is 13.2 Å². The SMILES string of the molecule is COc1cc2ncnc(-c3c(-c4ccccc4)n(Cc4cccc(C(F)(F)F)c4)c4ccccc34)c2cc1OCCCN1CCOCC1.